The van der Waals surface area contributed by atoms with Gasteiger partial charge in [0.05, 0.1) is 5.60 Å². The summed E-state index contributed by atoms with van der Waals surface area (Å²) in [5.74, 6) is 1.87. The van der Waals surface area contributed by atoms with E-state index in [1.807, 2.05) is 44.2 Å². The molecule has 132 valence electrons. The van der Waals surface area contributed by atoms with Gasteiger partial charge >= 0.3 is 0 Å². The summed E-state index contributed by atoms with van der Waals surface area (Å²) in [6, 6.07) is 9.89. The van der Waals surface area contributed by atoms with Gasteiger partial charge in [-0.15, -0.1) is 24.0 Å². The molecule has 1 aromatic carbocycles. The Labute approximate surface area is 159 Å². The molecule has 0 aliphatic rings. The van der Waals surface area contributed by atoms with Crippen LogP contribution in [0.15, 0.2) is 35.3 Å². The fourth-order valence-corrected chi connectivity index (χ4v) is 2.74. The number of rotatable bonds is 8. The Bertz CT molecular complexity index is 495. The van der Waals surface area contributed by atoms with E-state index in [1.165, 1.54) is 0 Å². The van der Waals surface area contributed by atoms with Crippen molar-refractivity contribution in [2.24, 2.45) is 4.99 Å². The van der Waals surface area contributed by atoms with Crippen molar-refractivity contribution in [3.8, 4) is 0 Å². The van der Waals surface area contributed by atoms with Crippen LogP contribution in [0.3, 0.4) is 0 Å². The predicted octanol–water partition coefficient (Wildman–Crippen LogP) is 2.14. The molecule has 7 heteroatoms. The van der Waals surface area contributed by atoms with Crippen LogP contribution in [0.25, 0.3) is 0 Å². The molecule has 5 nitrogen and oxygen atoms in total. The van der Waals surface area contributed by atoms with Crippen LogP contribution >= 0.6 is 24.0 Å². The minimum Gasteiger partial charge on any atom is -0.377 e. The van der Waals surface area contributed by atoms with Crippen LogP contribution in [0.5, 0.6) is 0 Å². The van der Waals surface area contributed by atoms with E-state index in [1.54, 1.807) is 14.2 Å². The molecule has 0 saturated heterocycles. The Morgan fingerprint density at radius 3 is 2.48 bits per heavy atom. The van der Waals surface area contributed by atoms with Gasteiger partial charge in [0.15, 0.2) is 5.96 Å². The molecule has 23 heavy (non-hydrogen) atoms. The van der Waals surface area contributed by atoms with Gasteiger partial charge in [-0.05, 0) is 19.4 Å². The third kappa shape index (κ3) is 9.93. The number of nitrogens with one attached hydrogen (secondary N) is 2. The standard InChI is InChI=1S/C16H27N3O2S.HI/c1-16(2,21-4)13-19-15(17-3)18-10-11-22(20)12-14-8-6-5-7-9-14;/h5-9H,10-13H2,1-4H3,(H2,17,18,19);1H. The molecule has 0 aromatic heterocycles. The zero-order valence-corrected chi connectivity index (χ0v) is 17.4. The monoisotopic (exact) mass is 453 g/mol. The molecule has 2 N–H and O–H groups in total. The highest BCUT2D eigenvalue weighted by atomic mass is 127. The number of aliphatic imine (C=N–C) groups is 1. The first kappa shape index (κ1) is 22.3. The van der Waals surface area contributed by atoms with Crippen LogP contribution in [0, 0.1) is 0 Å². The Morgan fingerprint density at radius 1 is 1.26 bits per heavy atom. The SMILES string of the molecule is CN=C(NCCS(=O)Cc1ccccc1)NCC(C)(C)OC.I. The van der Waals surface area contributed by atoms with E-state index in [9.17, 15) is 4.21 Å². The maximum absolute atomic E-state index is 12.0. The van der Waals surface area contributed by atoms with Crippen molar-refractivity contribution in [3.05, 3.63) is 35.9 Å². The zero-order chi connectivity index (χ0) is 16.4. The van der Waals surface area contributed by atoms with Gasteiger partial charge in [0.2, 0.25) is 0 Å². The van der Waals surface area contributed by atoms with E-state index in [0.29, 0.717) is 30.6 Å². The van der Waals surface area contributed by atoms with Gasteiger partial charge in [0.1, 0.15) is 0 Å². The van der Waals surface area contributed by atoms with E-state index in [2.05, 4.69) is 15.6 Å². The quantitative estimate of drug-likeness (QED) is 0.360. The highest BCUT2D eigenvalue weighted by Gasteiger charge is 2.16. The molecule has 0 amide bonds. The lowest BCUT2D eigenvalue weighted by Crippen LogP contribution is -2.46. The molecule has 0 aliphatic heterocycles. The van der Waals surface area contributed by atoms with E-state index in [0.717, 1.165) is 5.56 Å². The largest absolute Gasteiger partial charge is 0.377 e. The summed E-state index contributed by atoms with van der Waals surface area (Å²) < 4.78 is 17.4. The van der Waals surface area contributed by atoms with Crippen molar-refractivity contribution in [2.75, 3.05) is 33.0 Å². The lowest BCUT2D eigenvalue weighted by atomic mass is 10.1. The second-order valence-corrected chi connectivity index (χ2v) is 7.17. The molecule has 1 atom stereocenters. The first-order valence-electron chi connectivity index (χ1n) is 7.35. The highest BCUT2D eigenvalue weighted by Crippen LogP contribution is 2.04. The molecule has 0 saturated carbocycles. The molecular formula is C16H28IN3O2S. The summed E-state index contributed by atoms with van der Waals surface area (Å²) in [6.45, 7) is 5.27. The van der Waals surface area contributed by atoms with E-state index < -0.39 is 10.8 Å². The second-order valence-electron chi connectivity index (χ2n) is 5.59. The van der Waals surface area contributed by atoms with Crippen LogP contribution < -0.4 is 10.6 Å². The fourth-order valence-electron chi connectivity index (χ4n) is 1.70. The first-order valence-corrected chi connectivity index (χ1v) is 8.84. The number of nitrogens with zero attached hydrogens (tertiary/aromatic N) is 1. The lowest BCUT2D eigenvalue weighted by molar-refractivity contribution is 0.0268. The van der Waals surface area contributed by atoms with E-state index in [-0.39, 0.29) is 29.6 Å². The third-order valence-corrected chi connectivity index (χ3v) is 4.57. The fraction of sp³-hybridized carbons (Fsp3) is 0.562. The van der Waals surface area contributed by atoms with Gasteiger partial charge in [-0.3, -0.25) is 9.20 Å². The van der Waals surface area contributed by atoms with Gasteiger partial charge in [-0.2, -0.15) is 0 Å². The summed E-state index contributed by atoms with van der Waals surface area (Å²) in [4.78, 5) is 4.15. The number of methoxy groups -OCH3 is 1. The Kier molecular flexibility index (Phi) is 11.5. The first-order chi connectivity index (χ1) is 10.5. The molecule has 1 aromatic rings. The minimum absolute atomic E-state index is 0. The van der Waals surface area contributed by atoms with Crippen molar-refractivity contribution < 1.29 is 8.95 Å². The number of halogens is 1. The molecule has 0 aliphatic carbocycles. The van der Waals surface area contributed by atoms with Crippen molar-refractivity contribution in [2.45, 2.75) is 25.2 Å². The second kappa shape index (κ2) is 11.8. The molecule has 0 radical (unpaired) electrons. The van der Waals surface area contributed by atoms with Crippen LogP contribution in [0.4, 0.5) is 0 Å². The molecule has 1 unspecified atom stereocenters. The Morgan fingerprint density at radius 2 is 1.91 bits per heavy atom. The number of guanidine groups is 1. The third-order valence-electron chi connectivity index (χ3n) is 3.25. The van der Waals surface area contributed by atoms with Crippen molar-refractivity contribution in [1.82, 2.24) is 10.6 Å². The Balaban J connectivity index is 0.00000484. The van der Waals surface area contributed by atoms with Gasteiger partial charge in [-0.1, -0.05) is 30.3 Å². The summed E-state index contributed by atoms with van der Waals surface area (Å²) >= 11 is 0. The number of ether oxygens (including phenoxy) is 1. The van der Waals surface area contributed by atoms with Crippen LogP contribution in [0.1, 0.15) is 19.4 Å². The van der Waals surface area contributed by atoms with Crippen molar-refractivity contribution >= 4 is 40.7 Å². The van der Waals surface area contributed by atoms with Crippen LogP contribution in [0.2, 0.25) is 0 Å². The highest BCUT2D eigenvalue weighted by molar-refractivity contribution is 14.0. The summed E-state index contributed by atoms with van der Waals surface area (Å²) in [7, 11) is 2.52. The van der Waals surface area contributed by atoms with Crippen LogP contribution in [-0.2, 0) is 21.3 Å². The summed E-state index contributed by atoms with van der Waals surface area (Å²) in [6.07, 6.45) is 0. The molecule has 1 rings (SSSR count). The number of hydrogen-bond donors (Lipinski definition) is 2. The maximum Gasteiger partial charge on any atom is 0.191 e. The number of hydrogen-bond acceptors (Lipinski definition) is 3. The van der Waals surface area contributed by atoms with Gasteiger partial charge in [0, 0.05) is 49.6 Å². The van der Waals surface area contributed by atoms with Gasteiger partial charge in [-0.25, -0.2) is 0 Å². The van der Waals surface area contributed by atoms with Gasteiger partial charge < -0.3 is 15.4 Å². The average molecular weight is 453 g/mol. The normalized spacial score (nSPS) is 13.1. The average Bonchev–Trinajstić information content (AvgIpc) is 2.51. The maximum atomic E-state index is 12.0. The summed E-state index contributed by atoms with van der Waals surface area (Å²) in [5.41, 5.74) is 0.846. The molecule has 0 spiro atoms. The van der Waals surface area contributed by atoms with E-state index >= 15 is 0 Å². The van der Waals surface area contributed by atoms with Gasteiger partial charge in [0.25, 0.3) is 0 Å². The molecule has 0 heterocycles. The molecular weight excluding hydrogens is 425 g/mol. The topological polar surface area (TPSA) is 62.7 Å². The predicted molar refractivity (Wildman–Crippen MR) is 109 cm³/mol. The molecule has 0 fully saturated rings. The van der Waals surface area contributed by atoms with E-state index in [4.69, 9.17) is 4.74 Å². The minimum atomic E-state index is -0.882. The summed E-state index contributed by atoms with van der Waals surface area (Å²) in [5, 5.41) is 6.37. The van der Waals surface area contributed by atoms with Crippen LogP contribution in [-0.4, -0.2) is 48.8 Å². The van der Waals surface area contributed by atoms with Crippen molar-refractivity contribution in [3.63, 3.8) is 0 Å². The molecule has 0 bridgehead atoms. The zero-order valence-electron chi connectivity index (χ0n) is 14.3. The number of benzene rings is 1. The Hall–Kier alpha value is -0.670. The smallest absolute Gasteiger partial charge is 0.191 e. The lowest BCUT2D eigenvalue weighted by Gasteiger charge is -2.24. The van der Waals surface area contributed by atoms with Crippen molar-refractivity contribution in [1.29, 1.82) is 0 Å².